The highest BCUT2D eigenvalue weighted by molar-refractivity contribution is 7.99. The average molecular weight is 278 g/mol. The third kappa shape index (κ3) is 3.55. The summed E-state index contributed by atoms with van der Waals surface area (Å²) in [7, 11) is 0. The maximum absolute atomic E-state index is 6.32. The Morgan fingerprint density at radius 3 is 2.32 bits per heavy atom. The molecule has 1 aliphatic rings. The highest BCUT2D eigenvalue weighted by atomic mass is 32.2. The molecule has 0 aromatic heterocycles. The summed E-state index contributed by atoms with van der Waals surface area (Å²) in [5, 5.41) is 0. The Labute approximate surface area is 122 Å². The monoisotopic (exact) mass is 278 g/mol. The van der Waals surface area contributed by atoms with E-state index >= 15 is 0 Å². The summed E-state index contributed by atoms with van der Waals surface area (Å²) >= 11 is 1.96. The molecule has 0 spiro atoms. The van der Waals surface area contributed by atoms with Crippen molar-refractivity contribution >= 4 is 11.8 Å². The summed E-state index contributed by atoms with van der Waals surface area (Å²) in [5.74, 6) is 3.10. The minimum atomic E-state index is 0.344. The molecule has 0 amide bonds. The summed E-state index contributed by atoms with van der Waals surface area (Å²) in [6.07, 6.45) is 1.56. The van der Waals surface area contributed by atoms with E-state index in [2.05, 4.69) is 58.0 Å². The largest absolute Gasteiger partial charge is 0.364 e. The third-order valence-corrected chi connectivity index (χ3v) is 6.01. The van der Waals surface area contributed by atoms with Crippen LogP contribution < -0.4 is 0 Å². The molecule has 0 N–H and O–H groups in total. The molecule has 19 heavy (non-hydrogen) atoms. The van der Waals surface area contributed by atoms with Gasteiger partial charge in [-0.2, -0.15) is 0 Å². The number of hydrogen-bond donors (Lipinski definition) is 0. The molecule has 1 fully saturated rings. The SMILES string of the molecule is CCC1OC(SCc2ccccc2)C(C)C(C)C1C. The van der Waals surface area contributed by atoms with Gasteiger partial charge in [-0.1, -0.05) is 58.0 Å². The van der Waals surface area contributed by atoms with Crippen molar-refractivity contribution in [3.8, 4) is 0 Å². The standard InChI is InChI=1S/C17H26OS/c1-5-16-13(3)12(2)14(4)17(18-16)19-11-15-9-7-6-8-10-15/h6-10,12-14,16-17H,5,11H2,1-4H3. The van der Waals surface area contributed by atoms with E-state index in [9.17, 15) is 0 Å². The van der Waals surface area contributed by atoms with Gasteiger partial charge in [0.15, 0.2) is 0 Å². The maximum Gasteiger partial charge on any atom is 0.106 e. The van der Waals surface area contributed by atoms with E-state index in [0.717, 1.165) is 18.1 Å². The van der Waals surface area contributed by atoms with Gasteiger partial charge >= 0.3 is 0 Å². The van der Waals surface area contributed by atoms with Crippen LogP contribution in [0.15, 0.2) is 30.3 Å². The molecule has 1 aromatic rings. The third-order valence-electron chi connectivity index (χ3n) is 4.64. The van der Waals surface area contributed by atoms with Gasteiger partial charge in [0.25, 0.3) is 0 Å². The minimum absolute atomic E-state index is 0.344. The first-order chi connectivity index (χ1) is 9.13. The zero-order valence-corrected chi connectivity index (χ0v) is 13.3. The molecule has 0 saturated carbocycles. The van der Waals surface area contributed by atoms with Gasteiger partial charge in [0, 0.05) is 5.75 Å². The van der Waals surface area contributed by atoms with Crippen LogP contribution in [0.3, 0.4) is 0 Å². The molecule has 0 radical (unpaired) electrons. The first-order valence-corrected chi connectivity index (χ1v) is 8.49. The van der Waals surface area contributed by atoms with Crippen LogP contribution in [0.2, 0.25) is 0 Å². The maximum atomic E-state index is 6.32. The van der Waals surface area contributed by atoms with Gasteiger partial charge in [-0.05, 0) is 29.7 Å². The fourth-order valence-electron chi connectivity index (χ4n) is 2.90. The normalized spacial score (nSPS) is 35.3. The van der Waals surface area contributed by atoms with Crippen LogP contribution in [0.25, 0.3) is 0 Å². The zero-order valence-electron chi connectivity index (χ0n) is 12.5. The predicted molar refractivity (Wildman–Crippen MR) is 84.2 cm³/mol. The highest BCUT2D eigenvalue weighted by Crippen LogP contribution is 2.41. The minimum Gasteiger partial charge on any atom is -0.364 e. The summed E-state index contributed by atoms with van der Waals surface area (Å²) in [4.78, 5) is 0. The van der Waals surface area contributed by atoms with Gasteiger partial charge in [0.05, 0.1) is 6.10 Å². The van der Waals surface area contributed by atoms with Gasteiger partial charge in [-0.15, -0.1) is 11.8 Å². The molecule has 1 aliphatic heterocycles. The molecule has 1 saturated heterocycles. The molecule has 106 valence electrons. The Balaban J connectivity index is 1.95. The molecule has 1 heterocycles. The quantitative estimate of drug-likeness (QED) is 0.769. The van der Waals surface area contributed by atoms with E-state index in [0.29, 0.717) is 23.4 Å². The zero-order chi connectivity index (χ0) is 13.8. The van der Waals surface area contributed by atoms with E-state index in [-0.39, 0.29) is 0 Å². The summed E-state index contributed by atoms with van der Waals surface area (Å²) in [6.45, 7) is 9.31. The second-order valence-electron chi connectivity index (χ2n) is 5.83. The Bertz CT molecular complexity index is 376. The van der Waals surface area contributed by atoms with Crippen LogP contribution in [-0.2, 0) is 10.5 Å². The fraction of sp³-hybridized carbons (Fsp3) is 0.647. The van der Waals surface area contributed by atoms with Gasteiger partial charge in [0.2, 0.25) is 0 Å². The topological polar surface area (TPSA) is 9.23 Å². The number of hydrogen-bond acceptors (Lipinski definition) is 2. The Morgan fingerprint density at radius 1 is 1.00 bits per heavy atom. The van der Waals surface area contributed by atoms with E-state index in [1.807, 2.05) is 11.8 Å². The van der Waals surface area contributed by atoms with E-state index in [1.165, 1.54) is 5.56 Å². The summed E-state index contributed by atoms with van der Waals surface area (Å²) < 4.78 is 6.32. The Morgan fingerprint density at radius 2 is 1.68 bits per heavy atom. The molecule has 5 atom stereocenters. The fourth-order valence-corrected chi connectivity index (χ4v) is 4.22. The first kappa shape index (κ1) is 14.9. The van der Waals surface area contributed by atoms with Crippen molar-refractivity contribution in [2.24, 2.45) is 17.8 Å². The second kappa shape index (κ2) is 6.81. The van der Waals surface area contributed by atoms with Crippen LogP contribution in [0, 0.1) is 17.8 Å². The van der Waals surface area contributed by atoms with Crippen LogP contribution >= 0.6 is 11.8 Å². The van der Waals surface area contributed by atoms with Crippen molar-refractivity contribution in [2.75, 3.05) is 0 Å². The van der Waals surface area contributed by atoms with Crippen molar-refractivity contribution < 1.29 is 4.74 Å². The van der Waals surface area contributed by atoms with E-state index in [4.69, 9.17) is 4.74 Å². The number of rotatable bonds is 4. The average Bonchev–Trinajstić information content (AvgIpc) is 2.45. The molecule has 2 heteroatoms. The number of benzene rings is 1. The lowest BCUT2D eigenvalue weighted by Crippen LogP contribution is -2.43. The van der Waals surface area contributed by atoms with E-state index in [1.54, 1.807) is 0 Å². The summed E-state index contributed by atoms with van der Waals surface area (Å²) in [5.41, 5.74) is 1.74. The molecule has 5 unspecified atom stereocenters. The van der Waals surface area contributed by atoms with Crippen LogP contribution in [-0.4, -0.2) is 11.5 Å². The molecular formula is C17H26OS. The van der Waals surface area contributed by atoms with Gasteiger partial charge in [-0.3, -0.25) is 0 Å². The summed E-state index contributed by atoms with van der Waals surface area (Å²) in [6, 6.07) is 10.7. The van der Waals surface area contributed by atoms with Gasteiger partial charge in [0.1, 0.15) is 5.44 Å². The Kier molecular flexibility index (Phi) is 5.35. The van der Waals surface area contributed by atoms with Crippen molar-refractivity contribution in [2.45, 2.75) is 51.4 Å². The Hall–Kier alpha value is -0.470. The van der Waals surface area contributed by atoms with E-state index < -0.39 is 0 Å². The number of ether oxygens (including phenoxy) is 1. The second-order valence-corrected chi connectivity index (χ2v) is 6.91. The van der Waals surface area contributed by atoms with Crippen molar-refractivity contribution in [3.05, 3.63) is 35.9 Å². The van der Waals surface area contributed by atoms with Crippen molar-refractivity contribution in [1.82, 2.24) is 0 Å². The first-order valence-electron chi connectivity index (χ1n) is 7.44. The van der Waals surface area contributed by atoms with Gasteiger partial charge < -0.3 is 4.74 Å². The smallest absolute Gasteiger partial charge is 0.106 e. The van der Waals surface area contributed by atoms with Gasteiger partial charge in [-0.25, -0.2) is 0 Å². The van der Waals surface area contributed by atoms with Crippen LogP contribution in [0.1, 0.15) is 39.7 Å². The molecular weight excluding hydrogens is 252 g/mol. The molecule has 2 rings (SSSR count). The van der Waals surface area contributed by atoms with Crippen LogP contribution in [0.4, 0.5) is 0 Å². The lowest BCUT2D eigenvalue weighted by atomic mass is 9.79. The molecule has 0 aliphatic carbocycles. The highest BCUT2D eigenvalue weighted by Gasteiger charge is 2.38. The number of thioether (sulfide) groups is 1. The predicted octanol–water partition coefficient (Wildman–Crippen LogP) is 4.96. The molecule has 1 nitrogen and oxygen atoms in total. The van der Waals surface area contributed by atoms with Crippen molar-refractivity contribution in [1.29, 1.82) is 0 Å². The lowest BCUT2D eigenvalue weighted by molar-refractivity contribution is -0.0945. The van der Waals surface area contributed by atoms with Crippen molar-refractivity contribution in [3.63, 3.8) is 0 Å². The molecule has 0 bridgehead atoms. The lowest BCUT2D eigenvalue weighted by Gasteiger charge is -2.43. The van der Waals surface area contributed by atoms with Crippen LogP contribution in [0.5, 0.6) is 0 Å². The molecule has 1 aromatic carbocycles.